The standard InChI is InChI=1S/C6H4N3O4S.ClH/c7-8-5-2-1-4(9(10)11)3-6(5)14(12)13;/h1-2H,3H2;1H/q+1;/p-1. The monoisotopic (exact) mass is 249 g/mol. The van der Waals surface area contributed by atoms with Crippen LogP contribution in [0.1, 0.15) is 6.42 Å². The summed E-state index contributed by atoms with van der Waals surface area (Å²) in [7, 11) is -2.62. The number of allylic oxidation sites excluding steroid dienone is 4. The third-order valence-corrected chi connectivity index (χ3v) is 2.36. The molecule has 0 N–H and O–H groups in total. The van der Waals surface area contributed by atoms with Gasteiger partial charge in [-0.2, -0.15) is 8.42 Å². The lowest BCUT2D eigenvalue weighted by Gasteiger charge is -1.97. The van der Waals surface area contributed by atoms with Gasteiger partial charge in [-0.05, 0) is 0 Å². The van der Waals surface area contributed by atoms with Crippen molar-refractivity contribution in [2.45, 2.75) is 6.42 Å². The Bertz CT molecular complexity index is 517. The maximum atomic E-state index is 10.6. The van der Waals surface area contributed by atoms with Crippen LogP contribution in [-0.4, -0.2) is 18.2 Å². The second-order valence-electron chi connectivity index (χ2n) is 2.40. The van der Waals surface area contributed by atoms with E-state index >= 15 is 0 Å². The lowest BCUT2D eigenvalue weighted by molar-refractivity contribution is -0.426. The van der Waals surface area contributed by atoms with Crippen LogP contribution in [0.4, 0.5) is 0 Å². The van der Waals surface area contributed by atoms with E-state index < -0.39 is 15.2 Å². The average Bonchev–Trinajstić information content (AvgIpc) is 2.16. The number of hydrogen-bond acceptors (Lipinski definition) is 5. The molecule has 0 spiro atoms. The summed E-state index contributed by atoms with van der Waals surface area (Å²) in [6.07, 6.45) is 1.82. The Morgan fingerprint density at radius 3 is 2.47 bits per heavy atom. The summed E-state index contributed by atoms with van der Waals surface area (Å²) in [5, 5.41) is 18.7. The summed E-state index contributed by atoms with van der Waals surface area (Å²) in [4.78, 5) is 12.1. The van der Waals surface area contributed by atoms with Gasteiger partial charge < -0.3 is 12.4 Å². The highest BCUT2D eigenvalue weighted by Gasteiger charge is 2.30. The fourth-order valence-corrected chi connectivity index (χ4v) is 1.49. The number of rotatable bonds is 1. The molecule has 7 nitrogen and oxygen atoms in total. The van der Waals surface area contributed by atoms with E-state index in [1.165, 1.54) is 0 Å². The Balaban J connectivity index is 0.00000196. The summed E-state index contributed by atoms with van der Waals surface area (Å²) < 4.78 is 21.2. The van der Waals surface area contributed by atoms with E-state index in [0.29, 0.717) is 0 Å². The summed E-state index contributed by atoms with van der Waals surface area (Å²) in [6, 6.07) is 0. The van der Waals surface area contributed by atoms with Gasteiger partial charge in [0.1, 0.15) is 0 Å². The largest absolute Gasteiger partial charge is 1.00 e. The molecule has 0 aromatic heterocycles. The van der Waals surface area contributed by atoms with E-state index in [1.54, 1.807) is 0 Å². The van der Waals surface area contributed by atoms with Crippen molar-refractivity contribution in [3.8, 4) is 0 Å². The van der Waals surface area contributed by atoms with Crippen molar-refractivity contribution < 1.29 is 25.7 Å². The Hall–Kier alpha value is -1.72. The minimum absolute atomic E-state index is 0. The van der Waals surface area contributed by atoms with Gasteiger partial charge >= 0.3 is 5.70 Å². The van der Waals surface area contributed by atoms with E-state index in [9.17, 15) is 18.5 Å². The molecule has 0 saturated heterocycles. The molecule has 1 aliphatic carbocycles. The zero-order valence-corrected chi connectivity index (χ0v) is 8.70. The minimum atomic E-state index is -2.62. The van der Waals surface area contributed by atoms with Crippen molar-refractivity contribution >= 4 is 15.2 Å². The Morgan fingerprint density at radius 1 is 1.47 bits per heavy atom. The molecule has 0 atom stereocenters. The molecule has 0 amide bonds. The van der Waals surface area contributed by atoms with Crippen LogP contribution in [0.25, 0.3) is 4.98 Å². The Labute approximate surface area is 91.8 Å². The SMILES string of the molecule is N#[N+]C1=CC=C([N+](=O)[O-])CC1=S(=O)=O.[Cl-]. The van der Waals surface area contributed by atoms with Crippen LogP contribution in [0.15, 0.2) is 23.5 Å². The minimum Gasteiger partial charge on any atom is -1.00 e. The first-order chi connectivity index (χ1) is 6.56. The molecule has 9 heteroatoms. The van der Waals surface area contributed by atoms with Crippen LogP contribution in [0.5, 0.6) is 0 Å². The topological polar surface area (TPSA) is 105 Å². The van der Waals surface area contributed by atoms with Gasteiger partial charge in [-0.3, -0.25) is 10.1 Å². The molecule has 0 aromatic carbocycles. The van der Waals surface area contributed by atoms with Gasteiger partial charge in [0.2, 0.25) is 15.7 Å². The first-order valence-corrected chi connectivity index (χ1v) is 4.49. The third kappa shape index (κ3) is 2.87. The maximum Gasteiger partial charge on any atom is 0.404 e. The first-order valence-electron chi connectivity index (χ1n) is 3.42. The van der Waals surface area contributed by atoms with Crippen molar-refractivity contribution in [1.29, 1.82) is 5.39 Å². The number of nitrogens with zero attached hydrogens (tertiary/aromatic N) is 3. The molecular weight excluding hydrogens is 246 g/mol. The van der Waals surface area contributed by atoms with Crippen LogP contribution in [0.2, 0.25) is 0 Å². The molecule has 1 rings (SSSR count). The van der Waals surface area contributed by atoms with Crippen LogP contribution >= 0.6 is 0 Å². The molecule has 0 unspecified atom stereocenters. The van der Waals surface area contributed by atoms with E-state index in [1.807, 2.05) is 0 Å². The number of diazo groups is 1. The zero-order chi connectivity index (χ0) is 10.7. The molecule has 0 saturated carbocycles. The number of nitro groups is 1. The number of hydrogen-bond donors (Lipinski definition) is 0. The lowest BCUT2D eigenvalue weighted by atomic mass is 10.1. The fraction of sp³-hybridized carbons (Fsp3) is 0.167. The van der Waals surface area contributed by atoms with Crippen molar-refractivity contribution in [3.63, 3.8) is 0 Å². The van der Waals surface area contributed by atoms with E-state index in [-0.39, 0.29) is 35.1 Å². The van der Waals surface area contributed by atoms with E-state index in [0.717, 1.165) is 12.2 Å². The predicted octanol–water partition coefficient (Wildman–Crippen LogP) is -2.66. The van der Waals surface area contributed by atoms with Crippen LogP contribution in [-0.2, 0) is 10.3 Å². The van der Waals surface area contributed by atoms with E-state index in [4.69, 9.17) is 5.39 Å². The molecule has 15 heavy (non-hydrogen) atoms. The van der Waals surface area contributed by atoms with Crippen molar-refractivity contribution in [3.05, 3.63) is 38.6 Å². The first kappa shape index (κ1) is 13.3. The van der Waals surface area contributed by atoms with Gasteiger partial charge in [-0.15, -0.1) is 0 Å². The molecule has 0 radical (unpaired) electrons. The van der Waals surface area contributed by atoms with Gasteiger partial charge in [-0.25, -0.2) is 0 Å². The van der Waals surface area contributed by atoms with Crippen LogP contribution < -0.4 is 12.4 Å². The van der Waals surface area contributed by atoms with Gasteiger partial charge in [0, 0.05) is 12.2 Å². The molecule has 0 fully saturated rings. The maximum absolute atomic E-state index is 10.6. The molecule has 80 valence electrons. The molecule has 0 heterocycles. The Morgan fingerprint density at radius 2 is 2.07 bits per heavy atom. The highest BCUT2D eigenvalue weighted by atomic mass is 35.5. The molecule has 0 bridgehead atoms. The smallest absolute Gasteiger partial charge is 0.404 e. The summed E-state index contributed by atoms with van der Waals surface area (Å²) in [5.41, 5.74) is -0.430. The molecular formula is C6H4ClN3O4S. The zero-order valence-electron chi connectivity index (χ0n) is 7.12. The molecule has 0 aromatic rings. The predicted molar refractivity (Wildman–Crippen MR) is 46.8 cm³/mol. The fourth-order valence-electron chi connectivity index (χ4n) is 0.941. The summed E-state index contributed by atoms with van der Waals surface area (Å²) >= 11 is 0. The molecule has 1 aliphatic rings. The summed E-state index contributed by atoms with van der Waals surface area (Å²) in [6.45, 7) is 0. The average molecular weight is 250 g/mol. The highest BCUT2D eigenvalue weighted by molar-refractivity contribution is 7.73. The van der Waals surface area contributed by atoms with Crippen molar-refractivity contribution in [2.75, 3.05) is 0 Å². The van der Waals surface area contributed by atoms with Crippen LogP contribution in [0, 0.1) is 15.5 Å². The normalized spacial score (nSPS) is 14.2. The van der Waals surface area contributed by atoms with Crippen LogP contribution in [0.3, 0.4) is 0 Å². The Kier molecular flexibility index (Phi) is 4.63. The second-order valence-corrected chi connectivity index (χ2v) is 3.36. The highest BCUT2D eigenvalue weighted by Crippen LogP contribution is 2.16. The summed E-state index contributed by atoms with van der Waals surface area (Å²) in [5.74, 6) is 0. The van der Waals surface area contributed by atoms with Gasteiger partial charge in [0.05, 0.1) is 11.3 Å². The van der Waals surface area contributed by atoms with E-state index in [2.05, 4.69) is 4.98 Å². The number of halogens is 1. The van der Waals surface area contributed by atoms with Crippen molar-refractivity contribution in [2.24, 2.45) is 0 Å². The van der Waals surface area contributed by atoms with Crippen molar-refractivity contribution in [1.82, 2.24) is 0 Å². The quantitative estimate of drug-likeness (QED) is 0.218. The lowest BCUT2D eigenvalue weighted by Crippen LogP contribution is -3.00. The van der Waals surface area contributed by atoms with Gasteiger partial charge in [0.25, 0.3) is 5.70 Å². The molecule has 0 aliphatic heterocycles. The third-order valence-electron chi connectivity index (χ3n) is 1.60. The van der Waals surface area contributed by atoms with Gasteiger partial charge in [-0.1, -0.05) is 0 Å². The second kappa shape index (κ2) is 5.23. The van der Waals surface area contributed by atoms with Gasteiger partial charge in [0.15, 0.2) is 9.84 Å².